The first-order valence-corrected chi connectivity index (χ1v) is 8.49. The molecule has 0 atom stereocenters. The molecule has 2 rings (SSSR count). The summed E-state index contributed by atoms with van der Waals surface area (Å²) in [5, 5.41) is 11.7. The smallest absolute Gasteiger partial charge is 1.00 e. The van der Waals surface area contributed by atoms with Gasteiger partial charge in [0.25, 0.3) is 0 Å². The molecule has 0 aliphatic heterocycles. The predicted octanol–water partition coefficient (Wildman–Crippen LogP) is -0.0168. The molecule has 1 aromatic rings. The number of benzene rings is 1. The number of methoxy groups -OCH3 is 1. The minimum atomic E-state index is -1.06. The normalized spacial score (nSPS) is 19.5. The molecule has 1 fully saturated rings. The first-order chi connectivity index (χ1) is 12.0. The van der Waals surface area contributed by atoms with Gasteiger partial charge in [0.1, 0.15) is 0 Å². The number of hydrogen-bond acceptors (Lipinski definition) is 4. The minimum absolute atomic E-state index is 0. The van der Waals surface area contributed by atoms with E-state index in [0.717, 1.165) is 37.2 Å². The molecule has 1 aliphatic rings. The fourth-order valence-corrected chi connectivity index (χ4v) is 2.87. The van der Waals surface area contributed by atoms with Crippen LogP contribution in [-0.4, -0.2) is 36.7 Å². The third-order valence-corrected chi connectivity index (χ3v) is 4.33. The molecule has 1 saturated carbocycles. The van der Waals surface area contributed by atoms with E-state index < -0.39 is 12.6 Å². The molecule has 0 saturated heterocycles. The molecule has 7 heteroatoms. The van der Waals surface area contributed by atoms with E-state index in [4.69, 9.17) is 14.6 Å². The zero-order valence-electron chi connectivity index (χ0n) is 16.7. The second-order valence-corrected chi connectivity index (χ2v) is 6.39. The van der Waals surface area contributed by atoms with Crippen molar-refractivity contribution in [2.45, 2.75) is 38.6 Å². The summed E-state index contributed by atoms with van der Waals surface area (Å²) in [4.78, 5) is 22.6. The molecule has 0 heterocycles. The van der Waals surface area contributed by atoms with Gasteiger partial charge in [-0.1, -0.05) is 13.0 Å². The van der Waals surface area contributed by atoms with Gasteiger partial charge in [0.05, 0.1) is 7.11 Å². The van der Waals surface area contributed by atoms with Crippen LogP contribution in [0, 0.1) is 5.92 Å². The molecule has 0 bridgehead atoms. The summed E-state index contributed by atoms with van der Waals surface area (Å²) < 4.78 is 10.4. The largest absolute Gasteiger partial charge is 1.00 e. The van der Waals surface area contributed by atoms with E-state index >= 15 is 0 Å². The van der Waals surface area contributed by atoms with Crippen LogP contribution < -0.4 is 44.3 Å². The fraction of sp³-hybridized carbons (Fsp3) is 0.474. The molecular weight excluding hydrogens is 345 g/mol. The van der Waals surface area contributed by atoms with E-state index in [-0.39, 0.29) is 42.9 Å². The number of carbonyl (C=O) groups is 2. The molecule has 1 amide bonds. The van der Waals surface area contributed by atoms with Crippen molar-refractivity contribution in [1.29, 1.82) is 0 Å². The van der Waals surface area contributed by atoms with Crippen LogP contribution in [0.15, 0.2) is 24.3 Å². The molecule has 0 radical (unpaired) electrons. The number of ether oxygens (including phenoxy) is 2. The number of carboxylic acid groups (broad SMARTS) is 1. The molecule has 26 heavy (non-hydrogen) atoms. The maximum Gasteiger partial charge on any atom is 1.00 e. The van der Waals surface area contributed by atoms with Crippen molar-refractivity contribution < 1.29 is 55.2 Å². The van der Waals surface area contributed by atoms with Gasteiger partial charge in [-0.05, 0) is 55.4 Å². The van der Waals surface area contributed by atoms with Gasteiger partial charge in [-0.15, -0.1) is 0 Å². The molecule has 0 aromatic heterocycles. The Morgan fingerprint density at radius 3 is 2.58 bits per heavy atom. The monoisotopic (exact) mass is 371 g/mol. The zero-order valence-corrected chi connectivity index (χ0v) is 17.7. The van der Waals surface area contributed by atoms with E-state index in [1.165, 1.54) is 13.2 Å². The van der Waals surface area contributed by atoms with Crippen molar-refractivity contribution in [3.8, 4) is 11.5 Å². The second kappa shape index (κ2) is 11.3. The summed E-state index contributed by atoms with van der Waals surface area (Å²) in [6.07, 6.45) is 7.58. The van der Waals surface area contributed by atoms with Crippen LogP contribution in [0.4, 0.5) is 0 Å². The van der Waals surface area contributed by atoms with Gasteiger partial charge in [0.15, 0.2) is 18.1 Å². The van der Waals surface area contributed by atoms with Crippen LogP contribution in [-0.2, 0) is 9.59 Å². The Bertz CT molecular complexity index is 645. The van der Waals surface area contributed by atoms with Gasteiger partial charge < -0.3 is 21.3 Å². The van der Waals surface area contributed by atoms with Gasteiger partial charge in [-0.25, -0.2) is 4.79 Å². The first-order valence-electron chi connectivity index (χ1n) is 8.49. The summed E-state index contributed by atoms with van der Waals surface area (Å²) in [6, 6.07) is 5.33. The molecule has 1 aromatic carbocycles. The van der Waals surface area contributed by atoms with Crippen LogP contribution in [0.2, 0.25) is 0 Å². The van der Waals surface area contributed by atoms with E-state index in [1.807, 2.05) is 0 Å². The number of carboxylic acids is 1. The van der Waals surface area contributed by atoms with Crippen molar-refractivity contribution in [2.24, 2.45) is 5.92 Å². The van der Waals surface area contributed by atoms with Crippen molar-refractivity contribution in [1.82, 2.24) is 5.32 Å². The summed E-state index contributed by atoms with van der Waals surface area (Å²) in [6.45, 7) is 1.81. The van der Waals surface area contributed by atoms with E-state index in [2.05, 4.69) is 12.2 Å². The topological polar surface area (TPSA) is 84.9 Å². The number of hydrogen-bond donors (Lipinski definition) is 2. The molecular formula is C19H26NNaO5. The number of aliphatic carboxylic acids is 1. The van der Waals surface area contributed by atoms with Crippen LogP contribution in [0.5, 0.6) is 11.5 Å². The van der Waals surface area contributed by atoms with Gasteiger partial charge in [-0.3, -0.25) is 4.79 Å². The van der Waals surface area contributed by atoms with Crippen molar-refractivity contribution in [3.05, 3.63) is 29.8 Å². The number of carbonyl (C=O) groups excluding carboxylic acids is 1. The van der Waals surface area contributed by atoms with Crippen molar-refractivity contribution in [3.63, 3.8) is 0 Å². The standard InChI is InChI=1S/C19H25NO5.Na.H/c1-13-3-7-15(8-4-13)20-18(21)10-6-14-5-9-16(17(11-14)24-2)25-12-19(22)23;;/h5-6,9-11,13,15H,3-4,7-8,12H2,1-2H3,(H,20,21)(H,22,23);;/q;+1;-1/b10-6+;;. The van der Waals surface area contributed by atoms with E-state index in [1.54, 1.807) is 24.3 Å². The van der Waals surface area contributed by atoms with Crippen LogP contribution in [0.3, 0.4) is 0 Å². The molecule has 0 spiro atoms. The number of rotatable bonds is 7. The summed E-state index contributed by atoms with van der Waals surface area (Å²) in [7, 11) is 1.48. The number of amides is 1. The average molecular weight is 371 g/mol. The summed E-state index contributed by atoms with van der Waals surface area (Å²) in [5.41, 5.74) is 0.770. The Hall–Kier alpha value is -1.50. The van der Waals surface area contributed by atoms with Gasteiger partial charge >= 0.3 is 35.5 Å². The molecule has 138 valence electrons. The second-order valence-electron chi connectivity index (χ2n) is 6.39. The van der Waals surface area contributed by atoms with Gasteiger partial charge in [0, 0.05) is 12.1 Å². The zero-order chi connectivity index (χ0) is 18.2. The third kappa shape index (κ3) is 7.40. The quantitative estimate of drug-likeness (QED) is 0.520. The van der Waals surface area contributed by atoms with E-state index in [0.29, 0.717) is 11.5 Å². The Morgan fingerprint density at radius 1 is 1.27 bits per heavy atom. The van der Waals surface area contributed by atoms with Crippen LogP contribution >= 0.6 is 0 Å². The Kier molecular flexibility index (Phi) is 9.76. The minimum Gasteiger partial charge on any atom is -1.00 e. The summed E-state index contributed by atoms with van der Waals surface area (Å²) in [5.74, 6) is 0.357. The predicted molar refractivity (Wildman–Crippen MR) is 95.8 cm³/mol. The first kappa shape index (κ1) is 22.5. The maximum absolute atomic E-state index is 12.0. The molecule has 6 nitrogen and oxygen atoms in total. The fourth-order valence-electron chi connectivity index (χ4n) is 2.87. The molecule has 2 N–H and O–H groups in total. The Labute approximate surface area is 177 Å². The van der Waals surface area contributed by atoms with Crippen LogP contribution in [0.25, 0.3) is 6.08 Å². The molecule has 1 aliphatic carbocycles. The molecule has 0 unspecified atom stereocenters. The van der Waals surface area contributed by atoms with Crippen molar-refractivity contribution >= 4 is 18.0 Å². The summed E-state index contributed by atoms with van der Waals surface area (Å²) >= 11 is 0. The maximum atomic E-state index is 12.0. The Morgan fingerprint density at radius 2 is 1.96 bits per heavy atom. The third-order valence-electron chi connectivity index (χ3n) is 4.33. The van der Waals surface area contributed by atoms with E-state index in [9.17, 15) is 9.59 Å². The Balaban J connectivity index is 0.00000338. The SMILES string of the molecule is COc1cc(/C=C/C(=O)NC2CCC(C)CC2)ccc1OCC(=O)O.[H-].[Na+]. The van der Waals surface area contributed by atoms with Gasteiger partial charge in [0.2, 0.25) is 5.91 Å². The number of nitrogens with one attached hydrogen (secondary N) is 1. The average Bonchev–Trinajstić information content (AvgIpc) is 2.60. The van der Waals surface area contributed by atoms with Crippen LogP contribution in [0.1, 0.15) is 39.6 Å². The van der Waals surface area contributed by atoms with Crippen molar-refractivity contribution in [2.75, 3.05) is 13.7 Å². The van der Waals surface area contributed by atoms with Gasteiger partial charge in [-0.2, -0.15) is 0 Å².